The van der Waals surface area contributed by atoms with Gasteiger partial charge in [0.1, 0.15) is 11.5 Å². The van der Waals surface area contributed by atoms with Gasteiger partial charge in [0.25, 0.3) is 0 Å². The molecule has 4 aliphatic rings. The summed E-state index contributed by atoms with van der Waals surface area (Å²) < 4.78 is 17.4. The predicted octanol–water partition coefficient (Wildman–Crippen LogP) is 1.73. The number of hydrogen-bond acceptors (Lipinski definition) is 8. The average molecular weight is 458 g/mol. The molecule has 1 spiro atoms. The van der Waals surface area contributed by atoms with Crippen LogP contribution in [0.4, 0.5) is 0 Å². The van der Waals surface area contributed by atoms with Gasteiger partial charge in [0.15, 0.2) is 12.2 Å². The predicted molar refractivity (Wildman–Crippen MR) is 117 cm³/mol. The van der Waals surface area contributed by atoms with Crippen molar-refractivity contribution in [3.63, 3.8) is 0 Å². The Hall–Kier alpha value is -2.42. The smallest absolute Gasteiger partial charge is 0.352 e. The van der Waals surface area contributed by atoms with E-state index >= 15 is 0 Å². The summed E-state index contributed by atoms with van der Waals surface area (Å²) in [6.45, 7) is 3.94. The number of esters is 2. The Morgan fingerprint density at radius 3 is 2.88 bits per heavy atom. The van der Waals surface area contributed by atoms with E-state index in [1.54, 1.807) is 6.08 Å². The number of rotatable bonds is 6. The van der Waals surface area contributed by atoms with E-state index in [1.807, 2.05) is 26.1 Å². The quantitative estimate of drug-likeness (QED) is 0.623. The van der Waals surface area contributed by atoms with Crippen LogP contribution in [0.2, 0.25) is 0 Å². The molecule has 2 unspecified atom stereocenters. The van der Waals surface area contributed by atoms with Crippen LogP contribution in [0.5, 0.6) is 5.75 Å². The van der Waals surface area contributed by atoms with Crippen LogP contribution in [0.15, 0.2) is 24.0 Å². The fraction of sp³-hybridized carbons (Fsp3) is 0.600. The normalized spacial score (nSPS) is 32.3. The molecule has 178 valence electrons. The minimum atomic E-state index is -1.09. The molecule has 2 bridgehead atoms. The number of piperidine rings is 1. The van der Waals surface area contributed by atoms with Crippen molar-refractivity contribution in [3.8, 4) is 5.75 Å². The van der Waals surface area contributed by atoms with E-state index in [9.17, 15) is 19.8 Å². The minimum absolute atomic E-state index is 0.0989. The van der Waals surface area contributed by atoms with E-state index in [1.165, 1.54) is 6.92 Å². The molecule has 1 saturated heterocycles. The van der Waals surface area contributed by atoms with Crippen molar-refractivity contribution in [1.29, 1.82) is 0 Å². The molecule has 2 heterocycles. The van der Waals surface area contributed by atoms with E-state index in [-0.39, 0.29) is 19.1 Å². The van der Waals surface area contributed by atoms with E-state index in [0.717, 1.165) is 17.7 Å². The first-order valence-electron chi connectivity index (χ1n) is 11.7. The van der Waals surface area contributed by atoms with E-state index in [0.29, 0.717) is 42.8 Å². The summed E-state index contributed by atoms with van der Waals surface area (Å²) in [6.07, 6.45) is 2.49. The van der Waals surface area contributed by atoms with Gasteiger partial charge in [0.2, 0.25) is 0 Å². The van der Waals surface area contributed by atoms with Crippen LogP contribution < -0.4 is 4.74 Å². The standard InChI is InChI=1S/C25H31NO7/c1-4-5-19(28)31-14(2)23(29)32-17-8-9-25(30)18-12-15-6-7-16(13-27)21-20(15)24(25,22(17)33-21)10-11-26(18)3/h6-8,14,18,22,27,30H,4-5,9-13H2,1-3H3/t14-,18+,22?,24?,25+/m0/s1. The van der Waals surface area contributed by atoms with Crippen molar-refractivity contribution >= 4 is 11.9 Å². The summed E-state index contributed by atoms with van der Waals surface area (Å²) >= 11 is 0. The first-order valence-corrected chi connectivity index (χ1v) is 11.7. The molecule has 1 aromatic rings. The third-order valence-corrected chi connectivity index (χ3v) is 7.94. The van der Waals surface area contributed by atoms with E-state index in [2.05, 4.69) is 4.90 Å². The maximum absolute atomic E-state index is 12.8. The van der Waals surface area contributed by atoms with E-state index in [4.69, 9.17) is 14.2 Å². The summed E-state index contributed by atoms with van der Waals surface area (Å²) in [5, 5.41) is 22.1. The Bertz CT molecular complexity index is 1040. The van der Waals surface area contributed by atoms with Gasteiger partial charge in [-0.3, -0.25) is 4.79 Å². The second-order valence-electron chi connectivity index (χ2n) is 9.70. The second-order valence-corrected chi connectivity index (χ2v) is 9.70. The number of aliphatic hydroxyl groups excluding tert-OH is 1. The zero-order valence-electron chi connectivity index (χ0n) is 19.3. The van der Waals surface area contributed by atoms with Gasteiger partial charge in [0, 0.05) is 30.0 Å². The van der Waals surface area contributed by atoms with Crippen molar-refractivity contribution in [1.82, 2.24) is 4.90 Å². The number of carbonyl (C=O) groups is 2. The number of carbonyl (C=O) groups excluding carboxylic acids is 2. The highest BCUT2D eigenvalue weighted by Gasteiger charge is 2.71. The van der Waals surface area contributed by atoms with Gasteiger partial charge in [-0.05, 0) is 51.4 Å². The number of hydrogen-bond donors (Lipinski definition) is 2. The van der Waals surface area contributed by atoms with Gasteiger partial charge < -0.3 is 29.3 Å². The minimum Gasteiger partial charge on any atom is -0.481 e. The van der Waals surface area contributed by atoms with Crippen molar-refractivity contribution < 1.29 is 34.0 Å². The molecule has 8 nitrogen and oxygen atoms in total. The molecule has 8 heteroatoms. The molecule has 0 saturated carbocycles. The summed E-state index contributed by atoms with van der Waals surface area (Å²) in [7, 11) is 2.03. The fourth-order valence-electron chi connectivity index (χ4n) is 6.34. The van der Waals surface area contributed by atoms with Gasteiger partial charge in [-0.15, -0.1) is 0 Å². The lowest BCUT2D eigenvalue weighted by atomic mass is 9.50. The first-order chi connectivity index (χ1) is 15.8. The molecule has 0 aromatic heterocycles. The number of aliphatic hydroxyl groups is 2. The number of likely N-dealkylation sites (N-methyl/N-ethyl adjacent to an activating group) is 1. The lowest BCUT2D eigenvalue weighted by Gasteiger charge is -2.61. The number of benzene rings is 1. The zero-order chi connectivity index (χ0) is 23.5. The molecule has 5 rings (SSSR count). The van der Waals surface area contributed by atoms with Crippen molar-refractivity contribution in [2.24, 2.45) is 0 Å². The van der Waals surface area contributed by atoms with E-state index < -0.39 is 35.2 Å². The van der Waals surface area contributed by atoms with Gasteiger partial charge >= 0.3 is 11.9 Å². The molecule has 2 N–H and O–H groups in total. The maximum Gasteiger partial charge on any atom is 0.352 e. The highest BCUT2D eigenvalue weighted by Crippen LogP contribution is 2.64. The lowest BCUT2D eigenvalue weighted by Crippen LogP contribution is -2.74. The molecule has 0 amide bonds. The van der Waals surface area contributed by atoms with Crippen LogP contribution in [-0.4, -0.2) is 64.5 Å². The van der Waals surface area contributed by atoms with Crippen LogP contribution in [0.3, 0.4) is 0 Å². The third kappa shape index (κ3) is 3.00. The molecule has 2 aliphatic carbocycles. The summed E-state index contributed by atoms with van der Waals surface area (Å²) in [6, 6.07) is 3.79. The lowest BCUT2D eigenvalue weighted by molar-refractivity contribution is -0.175. The first kappa shape index (κ1) is 22.4. The summed E-state index contributed by atoms with van der Waals surface area (Å²) in [4.78, 5) is 26.8. The molecular weight excluding hydrogens is 426 g/mol. The van der Waals surface area contributed by atoms with Crippen LogP contribution in [-0.2, 0) is 37.5 Å². The van der Waals surface area contributed by atoms with Gasteiger partial charge in [0.05, 0.1) is 17.6 Å². The molecule has 5 atom stereocenters. The second kappa shape index (κ2) is 7.82. The highest BCUT2D eigenvalue weighted by molar-refractivity contribution is 5.80. The number of nitrogens with zero attached hydrogens (tertiary/aromatic N) is 1. The summed E-state index contributed by atoms with van der Waals surface area (Å²) in [5.41, 5.74) is 0.830. The van der Waals surface area contributed by atoms with Crippen LogP contribution >= 0.6 is 0 Å². The largest absolute Gasteiger partial charge is 0.481 e. The van der Waals surface area contributed by atoms with Crippen molar-refractivity contribution in [2.75, 3.05) is 13.6 Å². The third-order valence-electron chi connectivity index (χ3n) is 7.94. The molecule has 2 aliphatic heterocycles. The van der Waals surface area contributed by atoms with Crippen molar-refractivity contribution in [2.45, 2.75) is 81.8 Å². The van der Waals surface area contributed by atoms with Crippen LogP contribution in [0.1, 0.15) is 56.2 Å². The Morgan fingerprint density at radius 1 is 1.36 bits per heavy atom. The molecule has 1 aromatic carbocycles. The highest BCUT2D eigenvalue weighted by atomic mass is 16.6. The fourth-order valence-corrected chi connectivity index (χ4v) is 6.34. The maximum atomic E-state index is 12.8. The Kier molecular flexibility index (Phi) is 5.30. The topological polar surface area (TPSA) is 106 Å². The molecular formula is C25H31NO7. The van der Waals surface area contributed by atoms with Gasteiger partial charge in [-0.2, -0.15) is 0 Å². The van der Waals surface area contributed by atoms with Crippen LogP contribution in [0.25, 0.3) is 0 Å². The Labute approximate surface area is 193 Å². The Balaban J connectivity index is 1.53. The average Bonchev–Trinajstić information content (AvgIpc) is 3.13. The monoisotopic (exact) mass is 457 g/mol. The molecule has 0 radical (unpaired) electrons. The summed E-state index contributed by atoms with van der Waals surface area (Å²) in [5.74, 6) is -0.193. The Morgan fingerprint density at radius 2 is 2.15 bits per heavy atom. The zero-order valence-corrected chi connectivity index (χ0v) is 19.3. The van der Waals surface area contributed by atoms with Crippen molar-refractivity contribution in [3.05, 3.63) is 40.7 Å². The van der Waals surface area contributed by atoms with Crippen LogP contribution in [0, 0.1) is 0 Å². The molecule has 1 fully saturated rings. The van der Waals surface area contributed by atoms with Gasteiger partial charge in [-0.25, -0.2) is 4.79 Å². The SMILES string of the molecule is CCCC(=O)O[C@@H](C)C(=O)OC1=CC[C@@]2(O)[C@H]3Cc4ccc(CO)c5c4C2(CCN3C)C1O5. The number of ether oxygens (including phenoxy) is 3. The molecule has 33 heavy (non-hydrogen) atoms. The van der Waals surface area contributed by atoms with Gasteiger partial charge in [-0.1, -0.05) is 19.1 Å². The number of likely N-dealkylation sites (tertiary alicyclic amines) is 1.